The lowest BCUT2D eigenvalue weighted by molar-refractivity contribution is -0.148. The van der Waals surface area contributed by atoms with Crippen LogP contribution < -0.4 is 0 Å². The molecule has 1 aromatic heterocycles. The standard InChI is InChI=1S/C19H32N4O2/c1-5-18-17(12-21(4)20-18)13-22-8-6-16(7-9-22)19(24)23-10-14(2)25-15(3)11-23/h12,14-16H,5-11,13H2,1-4H3/t14-,15-/m0/s1. The van der Waals surface area contributed by atoms with E-state index in [1.54, 1.807) is 0 Å². The summed E-state index contributed by atoms with van der Waals surface area (Å²) in [4.78, 5) is 17.3. The normalized spacial score (nSPS) is 26.2. The average molecular weight is 348 g/mol. The van der Waals surface area contributed by atoms with Gasteiger partial charge < -0.3 is 9.64 Å². The smallest absolute Gasteiger partial charge is 0.225 e. The van der Waals surface area contributed by atoms with Crippen molar-refractivity contribution in [2.24, 2.45) is 13.0 Å². The molecular weight excluding hydrogens is 316 g/mol. The quantitative estimate of drug-likeness (QED) is 0.833. The van der Waals surface area contributed by atoms with Crippen molar-refractivity contribution in [1.29, 1.82) is 0 Å². The topological polar surface area (TPSA) is 50.6 Å². The molecule has 6 nitrogen and oxygen atoms in total. The molecule has 0 unspecified atom stereocenters. The van der Waals surface area contributed by atoms with Crippen molar-refractivity contribution in [2.75, 3.05) is 26.2 Å². The average Bonchev–Trinajstić information content (AvgIpc) is 2.93. The van der Waals surface area contributed by atoms with Crippen LogP contribution in [0.1, 0.15) is 44.9 Å². The van der Waals surface area contributed by atoms with Crippen molar-refractivity contribution in [3.63, 3.8) is 0 Å². The van der Waals surface area contributed by atoms with Gasteiger partial charge in [0.15, 0.2) is 0 Å². The molecule has 2 aliphatic heterocycles. The van der Waals surface area contributed by atoms with Crippen molar-refractivity contribution in [3.05, 3.63) is 17.5 Å². The molecule has 25 heavy (non-hydrogen) atoms. The largest absolute Gasteiger partial charge is 0.372 e. The van der Waals surface area contributed by atoms with Crippen LogP contribution >= 0.6 is 0 Å². The number of aromatic nitrogens is 2. The third kappa shape index (κ3) is 4.42. The lowest BCUT2D eigenvalue weighted by Gasteiger charge is -2.39. The number of carbonyl (C=O) groups is 1. The second-order valence-corrected chi connectivity index (χ2v) is 7.68. The number of carbonyl (C=O) groups excluding carboxylic acids is 1. The number of hydrogen-bond acceptors (Lipinski definition) is 4. The van der Waals surface area contributed by atoms with E-state index in [1.165, 1.54) is 11.3 Å². The Hall–Kier alpha value is -1.40. The second kappa shape index (κ2) is 7.87. The zero-order chi connectivity index (χ0) is 18.0. The Balaban J connectivity index is 1.52. The Labute approximate surface area is 151 Å². The molecule has 2 saturated heterocycles. The first kappa shape index (κ1) is 18.4. The first-order chi connectivity index (χ1) is 12.0. The van der Waals surface area contributed by atoms with E-state index in [-0.39, 0.29) is 18.1 Å². The summed E-state index contributed by atoms with van der Waals surface area (Å²) in [5.74, 6) is 0.505. The minimum Gasteiger partial charge on any atom is -0.372 e. The number of nitrogens with zero attached hydrogens (tertiary/aromatic N) is 4. The van der Waals surface area contributed by atoms with Gasteiger partial charge in [0.05, 0.1) is 17.9 Å². The molecule has 2 aliphatic rings. The van der Waals surface area contributed by atoms with Crippen molar-refractivity contribution in [1.82, 2.24) is 19.6 Å². The molecule has 2 atom stereocenters. The molecule has 0 aliphatic carbocycles. The Morgan fingerprint density at radius 2 is 1.88 bits per heavy atom. The van der Waals surface area contributed by atoms with Gasteiger partial charge in [-0.05, 0) is 46.2 Å². The molecule has 0 bridgehead atoms. The Bertz CT molecular complexity index is 582. The van der Waals surface area contributed by atoms with E-state index in [9.17, 15) is 4.79 Å². The fraction of sp³-hybridized carbons (Fsp3) is 0.789. The Kier molecular flexibility index (Phi) is 5.79. The number of piperidine rings is 1. The van der Waals surface area contributed by atoms with Gasteiger partial charge in [0.1, 0.15) is 0 Å². The van der Waals surface area contributed by atoms with E-state index in [2.05, 4.69) is 37.0 Å². The summed E-state index contributed by atoms with van der Waals surface area (Å²) in [5.41, 5.74) is 2.52. The fourth-order valence-corrected chi connectivity index (χ4v) is 4.21. The lowest BCUT2D eigenvalue weighted by Crippen LogP contribution is -2.51. The molecule has 0 aromatic carbocycles. The Morgan fingerprint density at radius 3 is 2.48 bits per heavy atom. The summed E-state index contributed by atoms with van der Waals surface area (Å²) in [5, 5.41) is 4.53. The van der Waals surface area contributed by atoms with Crippen LogP contribution in [0.25, 0.3) is 0 Å². The zero-order valence-electron chi connectivity index (χ0n) is 16.1. The van der Waals surface area contributed by atoms with Gasteiger partial charge in [0.25, 0.3) is 0 Å². The van der Waals surface area contributed by atoms with E-state index in [0.717, 1.165) is 52.0 Å². The van der Waals surface area contributed by atoms with Crippen molar-refractivity contribution < 1.29 is 9.53 Å². The lowest BCUT2D eigenvalue weighted by atomic mass is 9.94. The molecule has 0 saturated carbocycles. The van der Waals surface area contributed by atoms with E-state index in [4.69, 9.17) is 4.74 Å². The predicted molar refractivity (Wildman–Crippen MR) is 97.2 cm³/mol. The number of likely N-dealkylation sites (tertiary alicyclic amines) is 1. The summed E-state index contributed by atoms with van der Waals surface area (Å²) in [6, 6.07) is 0. The van der Waals surface area contributed by atoms with Gasteiger partial charge in [-0.3, -0.25) is 14.4 Å². The first-order valence-electron chi connectivity index (χ1n) is 9.64. The summed E-state index contributed by atoms with van der Waals surface area (Å²) >= 11 is 0. The molecule has 2 fully saturated rings. The number of amides is 1. The van der Waals surface area contributed by atoms with Crippen LogP contribution in [-0.4, -0.2) is 63.9 Å². The van der Waals surface area contributed by atoms with Gasteiger partial charge in [-0.1, -0.05) is 6.92 Å². The molecule has 6 heteroatoms. The molecule has 0 N–H and O–H groups in total. The van der Waals surface area contributed by atoms with Crippen LogP contribution in [-0.2, 0) is 29.5 Å². The minimum atomic E-state index is 0.144. The number of aryl methyl sites for hydroxylation is 2. The van der Waals surface area contributed by atoms with Gasteiger partial charge in [0.2, 0.25) is 5.91 Å². The van der Waals surface area contributed by atoms with Gasteiger partial charge in [-0.15, -0.1) is 0 Å². The fourth-order valence-electron chi connectivity index (χ4n) is 4.21. The van der Waals surface area contributed by atoms with Crippen molar-refractivity contribution >= 4 is 5.91 Å². The van der Waals surface area contributed by atoms with E-state index < -0.39 is 0 Å². The van der Waals surface area contributed by atoms with Crippen LogP contribution in [0.4, 0.5) is 0 Å². The third-order valence-corrected chi connectivity index (χ3v) is 5.39. The van der Waals surface area contributed by atoms with Crippen LogP contribution in [0.3, 0.4) is 0 Å². The summed E-state index contributed by atoms with van der Waals surface area (Å²) in [6.07, 6.45) is 5.31. The SMILES string of the molecule is CCc1nn(C)cc1CN1CCC(C(=O)N2C[C@H](C)O[C@@H](C)C2)CC1. The summed E-state index contributed by atoms with van der Waals surface area (Å²) in [6.45, 7) is 10.7. The van der Waals surface area contributed by atoms with Crippen molar-refractivity contribution in [3.8, 4) is 0 Å². The number of hydrogen-bond donors (Lipinski definition) is 0. The van der Waals surface area contributed by atoms with Crippen LogP contribution in [0.5, 0.6) is 0 Å². The van der Waals surface area contributed by atoms with Crippen LogP contribution in [0.2, 0.25) is 0 Å². The Morgan fingerprint density at radius 1 is 1.24 bits per heavy atom. The maximum Gasteiger partial charge on any atom is 0.225 e. The van der Waals surface area contributed by atoms with E-state index in [1.807, 2.05) is 16.6 Å². The second-order valence-electron chi connectivity index (χ2n) is 7.68. The molecule has 3 rings (SSSR count). The number of ether oxygens (including phenoxy) is 1. The first-order valence-corrected chi connectivity index (χ1v) is 9.64. The summed E-state index contributed by atoms with van der Waals surface area (Å²) in [7, 11) is 1.98. The zero-order valence-corrected chi connectivity index (χ0v) is 16.1. The predicted octanol–water partition coefficient (Wildman–Crippen LogP) is 1.83. The number of rotatable bonds is 4. The molecular formula is C19H32N4O2. The van der Waals surface area contributed by atoms with Gasteiger partial charge >= 0.3 is 0 Å². The summed E-state index contributed by atoms with van der Waals surface area (Å²) < 4.78 is 7.66. The highest BCUT2D eigenvalue weighted by Gasteiger charge is 2.32. The van der Waals surface area contributed by atoms with Crippen LogP contribution in [0, 0.1) is 5.92 Å². The molecule has 0 spiro atoms. The monoisotopic (exact) mass is 348 g/mol. The highest BCUT2D eigenvalue weighted by atomic mass is 16.5. The van der Waals surface area contributed by atoms with E-state index >= 15 is 0 Å². The molecule has 140 valence electrons. The minimum absolute atomic E-state index is 0.144. The molecule has 1 amide bonds. The number of morpholine rings is 1. The van der Waals surface area contributed by atoms with E-state index in [0.29, 0.717) is 5.91 Å². The highest BCUT2D eigenvalue weighted by molar-refractivity contribution is 5.79. The molecule has 3 heterocycles. The molecule has 0 radical (unpaired) electrons. The van der Waals surface area contributed by atoms with Crippen molar-refractivity contribution in [2.45, 2.75) is 58.8 Å². The molecule has 1 aromatic rings. The van der Waals surface area contributed by atoms with Gasteiger partial charge in [-0.25, -0.2) is 0 Å². The highest BCUT2D eigenvalue weighted by Crippen LogP contribution is 2.23. The maximum atomic E-state index is 12.9. The van der Waals surface area contributed by atoms with Gasteiger partial charge in [-0.2, -0.15) is 5.10 Å². The van der Waals surface area contributed by atoms with Gasteiger partial charge in [0, 0.05) is 44.4 Å². The third-order valence-electron chi connectivity index (χ3n) is 5.39. The van der Waals surface area contributed by atoms with Crippen LogP contribution in [0.15, 0.2) is 6.20 Å². The maximum absolute atomic E-state index is 12.9.